The molecule has 1 heterocycles. The Morgan fingerprint density at radius 1 is 1.17 bits per heavy atom. The number of halogens is 2. The Morgan fingerprint density at radius 2 is 1.90 bits per heavy atom. The van der Waals surface area contributed by atoms with Crippen molar-refractivity contribution < 1.29 is 27.8 Å². The highest BCUT2D eigenvalue weighted by Crippen LogP contribution is 2.24. The molecule has 1 aliphatic rings. The van der Waals surface area contributed by atoms with E-state index < -0.39 is 29.3 Å². The lowest BCUT2D eigenvalue weighted by Gasteiger charge is -2.10. The van der Waals surface area contributed by atoms with E-state index in [9.17, 15) is 18.4 Å². The maximum atomic E-state index is 13.7. The van der Waals surface area contributed by atoms with E-state index in [0.717, 1.165) is 30.0 Å². The van der Waals surface area contributed by atoms with Gasteiger partial charge in [-0.1, -0.05) is 30.3 Å². The van der Waals surface area contributed by atoms with Crippen molar-refractivity contribution in [3.05, 3.63) is 76.2 Å². The molecule has 0 atom stereocenters. The third-order valence-corrected chi connectivity index (χ3v) is 4.69. The summed E-state index contributed by atoms with van der Waals surface area (Å²) in [7, 11) is 1.21. The van der Waals surface area contributed by atoms with Crippen LogP contribution in [0.2, 0.25) is 0 Å². The van der Waals surface area contributed by atoms with Crippen molar-refractivity contribution in [2.24, 2.45) is 10.2 Å². The Bertz CT molecular complexity index is 1050. The van der Waals surface area contributed by atoms with Crippen LogP contribution in [0.4, 0.5) is 8.78 Å². The fraction of sp³-hybridized carbons (Fsp3) is 0.100. The molecule has 7 nitrogen and oxygen atoms in total. The Hall–Kier alpha value is -3.53. The van der Waals surface area contributed by atoms with Crippen molar-refractivity contribution in [2.45, 2.75) is 6.61 Å². The molecule has 0 aromatic heterocycles. The van der Waals surface area contributed by atoms with Crippen LogP contribution in [-0.4, -0.2) is 30.4 Å². The fourth-order valence-electron chi connectivity index (χ4n) is 2.35. The van der Waals surface area contributed by atoms with Crippen LogP contribution in [0.5, 0.6) is 5.75 Å². The second kappa shape index (κ2) is 9.79. The zero-order valence-electron chi connectivity index (χ0n) is 15.6. The topological polar surface area (TPSA) is 89.3 Å². The second-order valence-corrected chi connectivity index (χ2v) is 6.81. The molecule has 1 N–H and O–H groups in total. The van der Waals surface area contributed by atoms with Gasteiger partial charge in [0.2, 0.25) is 0 Å². The zero-order valence-corrected chi connectivity index (χ0v) is 16.4. The summed E-state index contributed by atoms with van der Waals surface area (Å²) in [5, 5.41) is 10.5. The Balaban J connectivity index is 1.70. The van der Waals surface area contributed by atoms with E-state index in [-0.39, 0.29) is 16.7 Å². The van der Waals surface area contributed by atoms with Gasteiger partial charge in [-0.05, 0) is 29.5 Å². The first-order valence-corrected chi connectivity index (χ1v) is 9.34. The van der Waals surface area contributed by atoms with Crippen LogP contribution >= 0.6 is 11.8 Å². The lowest BCUT2D eigenvalue weighted by atomic mass is 10.1. The minimum absolute atomic E-state index is 0.0892. The van der Waals surface area contributed by atoms with Gasteiger partial charge in [0.15, 0.2) is 22.6 Å². The van der Waals surface area contributed by atoms with Crippen molar-refractivity contribution in [2.75, 3.05) is 7.11 Å². The number of nitrogens with one attached hydrogen (secondary N) is 1. The van der Waals surface area contributed by atoms with Crippen LogP contribution < -0.4 is 10.1 Å². The van der Waals surface area contributed by atoms with Gasteiger partial charge in [0.05, 0.1) is 18.2 Å². The first-order chi connectivity index (χ1) is 14.5. The fourth-order valence-corrected chi connectivity index (χ4v) is 3.09. The van der Waals surface area contributed by atoms with E-state index in [1.54, 1.807) is 24.3 Å². The van der Waals surface area contributed by atoms with Crippen molar-refractivity contribution in [3.63, 3.8) is 0 Å². The largest absolute Gasteiger partial charge is 0.483 e. The highest BCUT2D eigenvalue weighted by Gasteiger charge is 2.25. The van der Waals surface area contributed by atoms with Crippen LogP contribution in [0, 0.1) is 11.6 Å². The lowest BCUT2D eigenvalue weighted by molar-refractivity contribution is -0.135. The molecule has 30 heavy (non-hydrogen) atoms. The van der Waals surface area contributed by atoms with E-state index in [0.29, 0.717) is 11.1 Å². The Labute approximate surface area is 174 Å². The number of esters is 1. The van der Waals surface area contributed by atoms with Crippen LogP contribution in [0.3, 0.4) is 0 Å². The van der Waals surface area contributed by atoms with Gasteiger partial charge in [-0.15, -0.1) is 5.10 Å². The van der Waals surface area contributed by atoms with Gasteiger partial charge in [0, 0.05) is 11.6 Å². The van der Waals surface area contributed by atoms with E-state index in [1.807, 2.05) is 0 Å². The molecule has 1 amide bonds. The first-order valence-electron chi connectivity index (χ1n) is 8.52. The van der Waals surface area contributed by atoms with Crippen LogP contribution in [0.15, 0.2) is 63.6 Å². The maximum absolute atomic E-state index is 13.7. The van der Waals surface area contributed by atoms with Gasteiger partial charge in [-0.25, -0.2) is 13.6 Å². The number of ether oxygens (including phenoxy) is 2. The van der Waals surface area contributed by atoms with Gasteiger partial charge in [0.25, 0.3) is 5.91 Å². The van der Waals surface area contributed by atoms with Crippen molar-refractivity contribution in [1.82, 2.24) is 5.32 Å². The molecule has 154 valence electrons. The summed E-state index contributed by atoms with van der Waals surface area (Å²) in [5.41, 5.74) is 1.23. The summed E-state index contributed by atoms with van der Waals surface area (Å²) in [6.07, 6.45) is 2.47. The van der Waals surface area contributed by atoms with E-state index in [1.165, 1.54) is 19.4 Å². The highest BCUT2D eigenvalue weighted by molar-refractivity contribution is 8.18. The number of hydrogen-bond acceptors (Lipinski definition) is 7. The molecule has 1 fully saturated rings. The number of carbonyl (C=O) groups excluding carboxylic acids is 2. The minimum Gasteiger partial charge on any atom is -0.483 e. The number of nitrogens with zero attached hydrogens (tertiary/aromatic N) is 2. The lowest BCUT2D eigenvalue weighted by Crippen LogP contribution is -2.19. The molecule has 1 aliphatic heterocycles. The third-order valence-electron chi connectivity index (χ3n) is 3.79. The normalized spacial score (nSPS) is 16.3. The minimum atomic E-state index is -0.794. The van der Waals surface area contributed by atoms with Crippen molar-refractivity contribution in [1.29, 1.82) is 0 Å². The molecular formula is C20H15F2N3O4S. The van der Waals surface area contributed by atoms with E-state index in [4.69, 9.17) is 4.74 Å². The number of benzene rings is 2. The van der Waals surface area contributed by atoms with Crippen LogP contribution in [0.25, 0.3) is 0 Å². The molecule has 2 aromatic carbocycles. The van der Waals surface area contributed by atoms with Gasteiger partial charge < -0.3 is 9.47 Å². The van der Waals surface area contributed by atoms with Crippen molar-refractivity contribution in [3.8, 4) is 5.75 Å². The number of methoxy groups -OCH3 is 1. The summed E-state index contributed by atoms with van der Waals surface area (Å²) in [6.45, 7) is -0.0892. The molecule has 0 spiro atoms. The number of carbonyl (C=O) groups is 2. The zero-order chi connectivity index (χ0) is 21.5. The number of rotatable bonds is 6. The van der Waals surface area contributed by atoms with Crippen LogP contribution in [0.1, 0.15) is 11.1 Å². The summed E-state index contributed by atoms with van der Waals surface area (Å²) in [5.74, 6) is -3.19. The van der Waals surface area contributed by atoms with Gasteiger partial charge >= 0.3 is 5.97 Å². The smallest absolute Gasteiger partial charge is 0.331 e. The van der Waals surface area contributed by atoms with Gasteiger partial charge in [-0.2, -0.15) is 5.10 Å². The molecule has 10 heteroatoms. The van der Waals surface area contributed by atoms with E-state index in [2.05, 4.69) is 20.3 Å². The van der Waals surface area contributed by atoms with Gasteiger partial charge in [-0.3, -0.25) is 10.1 Å². The third kappa shape index (κ3) is 5.29. The quantitative estimate of drug-likeness (QED) is 0.329. The van der Waals surface area contributed by atoms with Crippen molar-refractivity contribution >= 4 is 35.0 Å². The molecule has 1 saturated heterocycles. The SMILES string of the molecule is COC(=O)/C=C1/S/C(=N\N=Cc2ccccc2COc2c(F)cccc2F)NC1=O. The molecular weight excluding hydrogens is 416 g/mol. The molecule has 0 aliphatic carbocycles. The number of thioether (sulfide) groups is 1. The molecule has 0 bridgehead atoms. The van der Waals surface area contributed by atoms with E-state index >= 15 is 0 Å². The average Bonchev–Trinajstić information content (AvgIpc) is 3.07. The van der Waals surface area contributed by atoms with Crippen LogP contribution in [-0.2, 0) is 20.9 Å². The molecule has 3 rings (SSSR count). The summed E-state index contributed by atoms with van der Waals surface area (Å²) < 4.78 is 37.2. The molecule has 2 aromatic rings. The predicted octanol–water partition coefficient (Wildman–Crippen LogP) is 3.15. The summed E-state index contributed by atoms with van der Waals surface area (Å²) >= 11 is 0.940. The predicted molar refractivity (Wildman–Crippen MR) is 108 cm³/mol. The average molecular weight is 431 g/mol. The highest BCUT2D eigenvalue weighted by atomic mass is 32.2. The number of hydrogen-bond donors (Lipinski definition) is 1. The standard InChI is InChI=1S/C20H15F2N3O4S/c1-28-17(26)9-16-19(27)24-20(30-16)25-23-10-12-5-2-3-6-13(12)11-29-18-14(21)7-4-8-15(18)22/h2-10H,11H2,1H3,(H,24,25,27)/b16-9+,23-10?. The molecule has 0 unspecified atom stereocenters. The monoisotopic (exact) mass is 431 g/mol. The Kier molecular flexibility index (Phi) is 6.91. The van der Waals surface area contributed by atoms with Gasteiger partial charge in [0.1, 0.15) is 6.61 Å². The summed E-state index contributed by atoms with van der Waals surface area (Å²) in [6, 6.07) is 10.4. The summed E-state index contributed by atoms with van der Waals surface area (Å²) in [4.78, 5) is 23.2. The number of amidine groups is 1. The second-order valence-electron chi connectivity index (χ2n) is 5.78. The maximum Gasteiger partial charge on any atom is 0.331 e. The first kappa shape index (κ1) is 21.2. The molecule has 0 radical (unpaired) electrons. The number of para-hydroxylation sites is 1. The Morgan fingerprint density at radius 3 is 2.63 bits per heavy atom. The number of amides is 1. The molecule has 0 saturated carbocycles.